The number of rotatable bonds is 7. The molecule has 0 spiro atoms. The van der Waals surface area contributed by atoms with E-state index < -0.39 is 0 Å². The van der Waals surface area contributed by atoms with Crippen LogP contribution in [0.4, 0.5) is 0 Å². The molecule has 1 aromatic carbocycles. The maximum absolute atomic E-state index is 10.6. The molecule has 1 atom stereocenters. The van der Waals surface area contributed by atoms with E-state index in [1.165, 1.54) is 11.1 Å². The second kappa shape index (κ2) is 7.07. The number of unbranched alkanes of at least 4 members (excludes halogenated alkanes) is 1. The molecule has 0 radical (unpaired) electrons. The molecule has 0 bridgehead atoms. The molecule has 1 amide bonds. The number of carbonyl (C=O) groups excluding carboxylic acids is 1. The minimum Gasteiger partial charge on any atom is -0.370 e. The van der Waals surface area contributed by atoms with Crippen LogP contribution in [0.25, 0.3) is 0 Å². The topological polar surface area (TPSA) is 69.1 Å². The summed E-state index contributed by atoms with van der Waals surface area (Å²) in [7, 11) is 0. The molecule has 1 rings (SSSR count). The Hall–Kier alpha value is -1.35. The van der Waals surface area contributed by atoms with Crippen LogP contribution in [0, 0.1) is 0 Å². The van der Waals surface area contributed by atoms with Crippen molar-refractivity contribution in [2.24, 2.45) is 11.5 Å². The van der Waals surface area contributed by atoms with Crippen molar-refractivity contribution in [2.75, 3.05) is 0 Å². The first kappa shape index (κ1) is 13.7. The van der Waals surface area contributed by atoms with Crippen LogP contribution in [0.1, 0.15) is 49.8 Å². The molecule has 4 N–H and O–H groups in total. The predicted octanol–water partition coefficient (Wildman–Crippen LogP) is 2.29. The lowest BCUT2D eigenvalue weighted by molar-refractivity contribution is -0.118. The average Bonchev–Trinajstić information content (AvgIpc) is 2.34. The fourth-order valence-corrected chi connectivity index (χ4v) is 1.83. The Morgan fingerprint density at radius 2 is 1.88 bits per heavy atom. The number of hydrogen-bond acceptors (Lipinski definition) is 2. The quantitative estimate of drug-likeness (QED) is 0.711. The molecule has 0 aliphatic heterocycles. The minimum atomic E-state index is -0.231. The predicted molar refractivity (Wildman–Crippen MR) is 70.4 cm³/mol. The smallest absolute Gasteiger partial charge is 0.217 e. The molecule has 94 valence electrons. The van der Waals surface area contributed by atoms with Crippen molar-refractivity contribution < 1.29 is 4.79 Å². The number of amides is 1. The first-order valence-corrected chi connectivity index (χ1v) is 6.26. The summed E-state index contributed by atoms with van der Waals surface area (Å²) >= 11 is 0. The highest BCUT2D eigenvalue weighted by atomic mass is 16.1. The third-order valence-corrected chi connectivity index (χ3v) is 3.00. The maximum atomic E-state index is 10.6. The largest absolute Gasteiger partial charge is 0.370 e. The van der Waals surface area contributed by atoms with Gasteiger partial charge in [0.2, 0.25) is 5.91 Å². The highest BCUT2D eigenvalue weighted by Crippen LogP contribution is 2.18. The molecule has 3 heteroatoms. The Bertz CT molecular complexity index is 346. The lowest BCUT2D eigenvalue weighted by Gasteiger charge is -2.12. The van der Waals surface area contributed by atoms with E-state index in [0.717, 1.165) is 25.7 Å². The van der Waals surface area contributed by atoms with Crippen LogP contribution in [-0.4, -0.2) is 5.91 Å². The van der Waals surface area contributed by atoms with Crippen LogP contribution < -0.4 is 11.5 Å². The van der Waals surface area contributed by atoms with E-state index in [1.54, 1.807) is 0 Å². The standard InChI is InChI=1S/C14H22N2O/c1-2-11-7-9-12(10-8-11)13(15)5-3-4-6-14(16)17/h7-10,13H,2-6,15H2,1H3,(H2,16,17). The summed E-state index contributed by atoms with van der Waals surface area (Å²) < 4.78 is 0. The van der Waals surface area contributed by atoms with Crippen molar-refractivity contribution in [1.29, 1.82) is 0 Å². The van der Waals surface area contributed by atoms with E-state index >= 15 is 0 Å². The molecule has 1 unspecified atom stereocenters. The van der Waals surface area contributed by atoms with Gasteiger partial charge in [-0.05, 0) is 30.4 Å². The Morgan fingerprint density at radius 1 is 1.24 bits per heavy atom. The number of hydrogen-bond donors (Lipinski definition) is 2. The van der Waals surface area contributed by atoms with Gasteiger partial charge >= 0.3 is 0 Å². The van der Waals surface area contributed by atoms with E-state index in [-0.39, 0.29) is 11.9 Å². The zero-order valence-electron chi connectivity index (χ0n) is 10.5. The first-order chi connectivity index (χ1) is 8.13. The van der Waals surface area contributed by atoms with Gasteiger partial charge in [-0.25, -0.2) is 0 Å². The van der Waals surface area contributed by atoms with Crippen LogP contribution in [0.15, 0.2) is 24.3 Å². The molecular formula is C14H22N2O. The summed E-state index contributed by atoms with van der Waals surface area (Å²) in [5.41, 5.74) is 13.7. The SMILES string of the molecule is CCc1ccc(C(N)CCCCC(N)=O)cc1. The van der Waals surface area contributed by atoms with Crippen molar-refractivity contribution in [1.82, 2.24) is 0 Å². The third kappa shape index (κ3) is 5.00. The van der Waals surface area contributed by atoms with E-state index in [1.807, 2.05) is 0 Å². The van der Waals surface area contributed by atoms with Gasteiger partial charge in [-0.1, -0.05) is 37.6 Å². The van der Waals surface area contributed by atoms with Crippen LogP contribution in [0.2, 0.25) is 0 Å². The highest BCUT2D eigenvalue weighted by Gasteiger charge is 2.05. The van der Waals surface area contributed by atoms with Gasteiger partial charge in [-0.15, -0.1) is 0 Å². The minimum absolute atomic E-state index is 0.0637. The van der Waals surface area contributed by atoms with Gasteiger partial charge in [-0.2, -0.15) is 0 Å². The number of primary amides is 1. The van der Waals surface area contributed by atoms with Gasteiger partial charge in [0.25, 0.3) is 0 Å². The van der Waals surface area contributed by atoms with Gasteiger partial charge in [0.1, 0.15) is 0 Å². The van der Waals surface area contributed by atoms with E-state index in [2.05, 4.69) is 31.2 Å². The molecule has 0 saturated carbocycles. The lowest BCUT2D eigenvalue weighted by Crippen LogP contribution is -2.12. The summed E-state index contributed by atoms with van der Waals surface area (Å²) in [6.07, 6.45) is 4.18. The molecule has 0 saturated heterocycles. The van der Waals surface area contributed by atoms with Crippen LogP contribution in [-0.2, 0) is 11.2 Å². The van der Waals surface area contributed by atoms with Gasteiger partial charge in [0, 0.05) is 12.5 Å². The van der Waals surface area contributed by atoms with Crippen molar-refractivity contribution in [3.05, 3.63) is 35.4 Å². The second-order valence-electron chi connectivity index (χ2n) is 4.41. The number of aryl methyl sites for hydroxylation is 1. The van der Waals surface area contributed by atoms with Crippen molar-refractivity contribution >= 4 is 5.91 Å². The zero-order chi connectivity index (χ0) is 12.7. The van der Waals surface area contributed by atoms with Gasteiger partial charge in [-0.3, -0.25) is 4.79 Å². The number of carbonyl (C=O) groups is 1. The summed E-state index contributed by atoms with van der Waals surface area (Å²) in [6, 6.07) is 8.50. The second-order valence-corrected chi connectivity index (χ2v) is 4.41. The number of nitrogens with two attached hydrogens (primary N) is 2. The molecular weight excluding hydrogens is 212 g/mol. The molecule has 3 nitrogen and oxygen atoms in total. The average molecular weight is 234 g/mol. The third-order valence-electron chi connectivity index (χ3n) is 3.00. The normalized spacial score (nSPS) is 12.4. The summed E-state index contributed by atoms with van der Waals surface area (Å²) in [5.74, 6) is -0.231. The van der Waals surface area contributed by atoms with Crippen molar-refractivity contribution in [2.45, 2.75) is 45.1 Å². The van der Waals surface area contributed by atoms with E-state index in [0.29, 0.717) is 6.42 Å². The summed E-state index contributed by atoms with van der Waals surface area (Å²) in [6.45, 7) is 2.14. The molecule has 0 aromatic heterocycles. The molecule has 1 aromatic rings. The molecule has 17 heavy (non-hydrogen) atoms. The molecule has 0 fully saturated rings. The monoisotopic (exact) mass is 234 g/mol. The number of benzene rings is 1. The van der Waals surface area contributed by atoms with E-state index in [9.17, 15) is 4.79 Å². The Balaban J connectivity index is 2.35. The first-order valence-electron chi connectivity index (χ1n) is 6.26. The highest BCUT2D eigenvalue weighted by molar-refractivity contribution is 5.73. The van der Waals surface area contributed by atoms with Gasteiger partial charge < -0.3 is 11.5 Å². The Morgan fingerprint density at radius 3 is 2.41 bits per heavy atom. The summed E-state index contributed by atoms with van der Waals surface area (Å²) in [4.78, 5) is 10.6. The van der Waals surface area contributed by atoms with E-state index in [4.69, 9.17) is 11.5 Å². The van der Waals surface area contributed by atoms with Crippen LogP contribution in [0.5, 0.6) is 0 Å². The molecule has 0 heterocycles. The van der Waals surface area contributed by atoms with Crippen molar-refractivity contribution in [3.63, 3.8) is 0 Å². The molecule has 0 aliphatic carbocycles. The van der Waals surface area contributed by atoms with Gasteiger partial charge in [0.15, 0.2) is 0 Å². The van der Waals surface area contributed by atoms with Crippen molar-refractivity contribution in [3.8, 4) is 0 Å². The van der Waals surface area contributed by atoms with Crippen LogP contribution in [0.3, 0.4) is 0 Å². The fourth-order valence-electron chi connectivity index (χ4n) is 1.83. The Kier molecular flexibility index (Phi) is 5.70. The van der Waals surface area contributed by atoms with Gasteiger partial charge in [0.05, 0.1) is 0 Å². The molecule has 0 aliphatic rings. The maximum Gasteiger partial charge on any atom is 0.217 e. The lowest BCUT2D eigenvalue weighted by atomic mass is 9.99. The summed E-state index contributed by atoms with van der Waals surface area (Å²) in [5, 5.41) is 0. The fraction of sp³-hybridized carbons (Fsp3) is 0.500. The Labute approximate surface area is 103 Å². The zero-order valence-corrected chi connectivity index (χ0v) is 10.5. The van der Waals surface area contributed by atoms with Crippen LogP contribution >= 0.6 is 0 Å².